The number of carbonyl (C=O) groups excluding carboxylic acids is 1. The summed E-state index contributed by atoms with van der Waals surface area (Å²) < 4.78 is 10.8. The van der Waals surface area contributed by atoms with E-state index in [1.807, 2.05) is 0 Å². The van der Waals surface area contributed by atoms with E-state index in [9.17, 15) is 4.79 Å². The number of amides is 1. The van der Waals surface area contributed by atoms with E-state index in [1.165, 1.54) is 23.4 Å². The normalized spacial score (nSPS) is 13.7. The molecule has 0 bridgehead atoms. The first-order valence-corrected chi connectivity index (χ1v) is 9.05. The number of rotatable bonds is 7. The van der Waals surface area contributed by atoms with Crippen LogP contribution in [0.4, 0.5) is 5.82 Å². The highest BCUT2D eigenvalue weighted by Crippen LogP contribution is 2.33. The molecule has 1 aliphatic rings. The van der Waals surface area contributed by atoms with Gasteiger partial charge in [-0.05, 0) is 35.7 Å². The van der Waals surface area contributed by atoms with Gasteiger partial charge in [-0.15, -0.1) is 0 Å². The molecule has 1 aromatic heterocycles. The number of nitrogens with zero attached hydrogens (tertiary/aromatic N) is 2. The van der Waals surface area contributed by atoms with E-state index in [0.717, 1.165) is 37.6 Å². The molecular weight excluding hydrogens is 368 g/mol. The number of aromatic nitrogens is 1. The number of carbonyl (C=O) groups is 1. The average molecular weight is 391 g/mol. The van der Waals surface area contributed by atoms with Crippen LogP contribution in [-0.2, 0) is 13.0 Å². The minimum atomic E-state index is -0.546. The van der Waals surface area contributed by atoms with E-state index in [0.29, 0.717) is 22.9 Å². The molecule has 0 aliphatic carbocycles. The second-order valence-corrected chi connectivity index (χ2v) is 6.75. The minimum Gasteiger partial charge on any atom is -0.493 e. The van der Waals surface area contributed by atoms with Crippen molar-refractivity contribution in [3.63, 3.8) is 0 Å². The van der Waals surface area contributed by atoms with Gasteiger partial charge in [-0.2, -0.15) is 0 Å². The van der Waals surface area contributed by atoms with Crippen LogP contribution >= 0.6 is 11.6 Å². The molecule has 3 rings (SSSR count). The minimum absolute atomic E-state index is 0.294. The molecule has 3 N–H and O–H groups in total. The van der Waals surface area contributed by atoms with Crippen LogP contribution in [0.25, 0.3) is 0 Å². The van der Waals surface area contributed by atoms with Crippen LogP contribution in [0, 0.1) is 0 Å². The van der Waals surface area contributed by atoms with Gasteiger partial charge in [0.05, 0.1) is 24.8 Å². The number of pyridine rings is 1. The molecule has 0 saturated heterocycles. The number of methoxy groups -OCH3 is 2. The quantitative estimate of drug-likeness (QED) is 0.754. The SMILES string of the molecule is COc1cc2c(cc1OC)CN(CCNc1ncc(C(N)=O)cc1Cl)CC2. The summed E-state index contributed by atoms with van der Waals surface area (Å²) in [5.74, 6) is 1.52. The van der Waals surface area contributed by atoms with Crippen LogP contribution in [0.5, 0.6) is 11.5 Å². The van der Waals surface area contributed by atoms with Gasteiger partial charge in [-0.25, -0.2) is 4.98 Å². The van der Waals surface area contributed by atoms with Crippen LogP contribution in [0.1, 0.15) is 21.5 Å². The summed E-state index contributed by atoms with van der Waals surface area (Å²) in [6, 6.07) is 5.64. The Bertz CT molecular complexity index is 844. The molecule has 144 valence electrons. The van der Waals surface area contributed by atoms with Crippen LogP contribution < -0.4 is 20.5 Å². The maximum absolute atomic E-state index is 11.2. The lowest BCUT2D eigenvalue weighted by molar-refractivity contribution is 0.1000. The number of hydrogen-bond donors (Lipinski definition) is 2. The smallest absolute Gasteiger partial charge is 0.250 e. The number of fused-ring (bicyclic) bond motifs is 1. The molecule has 0 unspecified atom stereocenters. The Morgan fingerprint density at radius 1 is 1.26 bits per heavy atom. The maximum Gasteiger partial charge on any atom is 0.250 e. The van der Waals surface area contributed by atoms with Crippen molar-refractivity contribution in [2.24, 2.45) is 5.73 Å². The van der Waals surface area contributed by atoms with Gasteiger partial charge < -0.3 is 20.5 Å². The third-order valence-corrected chi connectivity index (χ3v) is 4.93. The topological polar surface area (TPSA) is 89.7 Å². The first-order valence-electron chi connectivity index (χ1n) is 8.67. The van der Waals surface area contributed by atoms with E-state index in [1.54, 1.807) is 14.2 Å². The van der Waals surface area contributed by atoms with Gasteiger partial charge in [-0.3, -0.25) is 9.69 Å². The molecule has 0 spiro atoms. The number of benzene rings is 1. The zero-order chi connectivity index (χ0) is 19.4. The van der Waals surface area contributed by atoms with Gasteiger partial charge in [0.15, 0.2) is 11.5 Å². The van der Waals surface area contributed by atoms with E-state index < -0.39 is 5.91 Å². The molecule has 2 heterocycles. The van der Waals surface area contributed by atoms with Crippen LogP contribution in [0.2, 0.25) is 5.02 Å². The summed E-state index contributed by atoms with van der Waals surface area (Å²) in [5, 5.41) is 3.59. The number of ether oxygens (including phenoxy) is 2. The Balaban J connectivity index is 1.58. The molecular formula is C19H23ClN4O3. The predicted molar refractivity (Wildman–Crippen MR) is 105 cm³/mol. The van der Waals surface area contributed by atoms with Crippen molar-refractivity contribution in [1.29, 1.82) is 0 Å². The molecule has 0 fully saturated rings. The zero-order valence-electron chi connectivity index (χ0n) is 15.4. The van der Waals surface area contributed by atoms with E-state index in [4.69, 9.17) is 26.8 Å². The highest BCUT2D eigenvalue weighted by atomic mass is 35.5. The summed E-state index contributed by atoms with van der Waals surface area (Å²) >= 11 is 6.15. The monoisotopic (exact) mass is 390 g/mol. The molecule has 0 saturated carbocycles. The van der Waals surface area contributed by atoms with Gasteiger partial charge in [0, 0.05) is 32.4 Å². The van der Waals surface area contributed by atoms with Gasteiger partial charge in [0.1, 0.15) is 5.82 Å². The third kappa shape index (κ3) is 4.43. The lowest BCUT2D eigenvalue weighted by atomic mass is 9.99. The Morgan fingerprint density at radius 2 is 1.96 bits per heavy atom. The second-order valence-electron chi connectivity index (χ2n) is 6.35. The fourth-order valence-corrected chi connectivity index (χ4v) is 3.40. The Kier molecular flexibility index (Phi) is 6.03. The van der Waals surface area contributed by atoms with E-state index >= 15 is 0 Å². The fraction of sp³-hybridized carbons (Fsp3) is 0.368. The number of halogens is 1. The Morgan fingerprint density at radius 3 is 2.59 bits per heavy atom. The van der Waals surface area contributed by atoms with Crippen molar-refractivity contribution in [3.05, 3.63) is 46.1 Å². The van der Waals surface area contributed by atoms with Crippen molar-refractivity contribution >= 4 is 23.3 Å². The predicted octanol–water partition coefficient (Wildman–Crippen LogP) is 2.32. The molecule has 0 radical (unpaired) electrons. The fourth-order valence-electron chi connectivity index (χ4n) is 3.17. The lowest BCUT2D eigenvalue weighted by Crippen LogP contribution is -2.34. The molecule has 2 aromatic rings. The highest BCUT2D eigenvalue weighted by Gasteiger charge is 2.19. The number of hydrogen-bond acceptors (Lipinski definition) is 6. The summed E-state index contributed by atoms with van der Waals surface area (Å²) in [7, 11) is 3.30. The molecule has 7 nitrogen and oxygen atoms in total. The van der Waals surface area contributed by atoms with Crippen molar-refractivity contribution in [2.45, 2.75) is 13.0 Å². The molecule has 0 atom stereocenters. The van der Waals surface area contributed by atoms with Gasteiger partial charge >= 0.3 is 0 Å². The number of primary amides is 1. The standard InChI is InChI=1S/C19H23ClN4O3/c1-26-16-8-12-3-5-24(11-14(12)9-17(16)27-2)6-4-22-19-15(20)7-13(10-23-19)18(21)25/h7-10H,3-6,11H2,1-2H3,(H2,21,25)(H,22,23). The lowest BCUT2D eigenvalue weighted by Gasteiger charge is -2.29. The van der Waals surface area contributed by atoms with Crippen molar-refractivity contribution < 1.29 is 14.3 Å². The van der Waals surface area contributed by atoms with Crippen molar-refractivity contribution in [3.8, 4) is 11.5 Å². The van der Waals surface area contributed by atoms with Crippen LogP contribution in [-0.4, -0.2) is 49.6 Å². The average Bonchev–Trinajstić information content (AvgIpc) is 2.67. The van der Waals surface area contributed by atoms with Gasteiger partial charge in [0.25, 0.3) is 0 Å². The van der Waals surface area contributed by atoms with Crippen LogP contribution in [0.15, 0.2) is 24.4 Å². The van der Waals surface area contributed by atoms with Crippen molar-refractivity contribution in [2.75, 3.05) is 39.2 Å². The summed E-state index contributed by atoms with van der Waals surface area (Å²) in [4.78, 5) is 17.7. The molecule has 1 aromatic carbocycles. The summed E-state index contributed by atoms with van der Waals surface area (Å²) in [5.41, 5.74) is 8.07. The maximum atomic E-state index is 11.2. The largest absolute Gasteiger partial charge is 0.493 e. The van der Waals surface area contributed by atoms with E-state index in [-0.39, 0.29) is 0 Å². The molecule has 8 heteroatoms. The molecule has 27 heavy (non-hydrogen) atoms. The van der Waals surface area contributed by atoms with Crippen molar-refractivity contribution in [1.82, 2.24) is 9.88 Å². The first kappa shape index (κ1) is 19.3. The van der Waals surface area contributed by atoms with Crippen LogP contribution in [0.3, 0.4) is 0 Å². The third-order valence-electron chi connectivity index (χ3n) is 4.64. The first-order chi connectivity index (χ1) is 13.0. The molecule has 1 aliphatic heterocycles. The molecule has 1 amide bonds. The van der Waals surface area contributed by atoms with Gasteiger partial charge in [0.2, 0.25) is 5.91 Å². The highest BCUT2D eigenvalue weighted by molar-refractivity contribution is 6.33. The van der Waals surface area contributed by atoms with E-state index in [2.05, 4.69) is 27.3 Å². The van der Waals surface area contributed by atoms with Gasteiger partial charge in [-0.1, -0.05) is 11.6 Å². The number of nitrogens with one attached hydrogen (secondary N) is 1. The summed E-state index contributed by atoms with van der Waals surface area (Å²) in [6.45, 7) is 3.33. The Hall–Kier alpha value is -2.51. The number of nitrogens with two attached hydrogens (primary N) is 1. The summed E-state index contributed by atoms with van der Waals surface area (Å²) in [6.07, 6.45) is 2.38. The zero-order valence-corrected chi connectivity index (χ0v) is 16.2. The second kappa shape index (κ2) is 8.45. The Labute approximate surface area is 163 Å². The number of anilines is 1.